The molecule has 2 N–H and O–H groups in total. The van der Waals surface area contributed by atoms with Crippen molar-refractivity contribution in [1.29, 1.82) is 0 Å². The molecule has 0 unspecified atom stereocenters. The number of rotatable bonds is 1. The lowest BCUT2D eigenvalue weighted by molar-refractivity contribution is 0.540. The van der Waals surface area contributed by atoms with Crippen LogP contribution >= 0.6 is 12.2 Å². The third-order valence-electron chi connectivity index (χ3n) is 1.89. The summed E-state index contributed by atoms with van der Waals surface area (Å²) >= 11 is 5.19. The molecule has 2 nitrogen and oxygen atoms in total. The van der Waals surface area contributed by atoms with Gasteiger partial charge in [0.2, 0.25) is 0 Å². The highest BCUT2D eigenvalue weighted by Crippen LogP contribution is 2.17. The van der Waals surface area contributed by atoms with E-state index in [0.717, 1.165) is 21.2 Å². The molecule has 0 atom stereocenters. The SMILES string of the molecule is NCc1cc(=S)c2ccccc2o1. The number of nitrogens with two attached hydrogens (primary N) is 1. The molecule has 0 aliphatic rings. The molecule has 0 bridgehead atoms. The van der Waals surface area contributed by atoms with E-state index in [1.165, 1.54) is 0 Å². The molecule has 13 heavy (non-hydrogen) atoms. The Bertz CT molecular complexity index is 489. The van der Waals surface area contributed by atoms with Gasteiger partial charge >= 0.3 is 0 Å². The van der Waals surface area contributed by atoms with E-state index in [1.807, 2.05) is 24.3 Å². The second-order valence-corrected chi connectivity index (χ2v) is 3.22. The predicted molar refractivity (Wildman–Crippen MR) is 54.9 cm³/mol. The molecular formula is C10H9NOS. The summed E-state index contributed by atoms with van der Waals surface area (Å²) in [5.41, 5.74) is 6.27. The number of hydrogen-bond donors (Lipinski definition) is 1. The third-order valence-corrected chi connectivity index (χ3v) is 2.22. The van der Waals surface area contributed by atoms with Crippen LogP contribution in [0.3, 0.4) is 0 Å². The van der Waals surface area contributed by atoms with E-state index in [2.05, 4.69) is 0 Å². The molecule has 0 amide bonds. The first-order valence-corrected chi connectivity index (χ1v) is 4.44. The number of fused-ring (bicyclic) bond motifs is 1. The normalized spacial score (nSPS) is 10.5. The molecule has 1 aromatic heterocycles. The maximum atomic E-state index is 5.50. The molecule has 3 heteroatoms. The van der Waals surface area contributed by atoms with Crippen LogP contribution in [0.1, 0.15) is 5.76 Å². The van der Waals surface area contributed by atoms with Gasteiger partial charge < -0.3 is 10.2 Å². The second kappa shape index (κ2) is 3.28. The van der Waals surface area contributed by atoms with Gasteiger partial charge in [-0.25, -0.2) is 0 Å². The van der Waals surface area contributed by atoms with Gasteiger partial charge in [0.15, 0.2) is 0 Å². The highest BCUT2D eigenvalue weighted by molar-refractivity contribution is 7.71. The molecule has 2 rings (SSSR count). The monoisotopic (exact) mass is 191 g/mol. The quantitative estimate of drug-likeness (QED) is 0.704. The van der Waals surface area contributed by atoms with Gasteiger partial charge in [-0.2, -0.15) is 0 Å². The molecule has 1 aromatic carbocycles. The number of para-hydroxylation sites is 1. The van der Waals surface area contributed by atoms with Crippen LogP contribution in [-0.4, -0.2) is 0 Å². The molecular weight excluding hydrogens is 182 g/mol. The van der Waals surface area contributed by atoms with Crippen molar-refractivity contribution in [3.63, 3.8) is 0 Å². The Labute approximate surface area is 81.0 Å². The molecule has 0 saturated heterocycles. The van der Waals surface area contributed by atoms with Crippen molar-refractivity contribution in [2.45, 2.75) is 6.54 Å². The average Bonchev–Trinajstić information content (AvgIpc) is 2.18. The molecule has 0 spiro atoms. The lowest BCUT2D eigenvalue weighted by Crippen LogP contribution is -1.95. The predicted octanol–water partition coefficient (Wildman–Crippen LogP) is 2.62. The summed E-state index contributed by atoms with van der Waals surface area (Å²) in [6.45, 7) is 0.383. The topological polar surface area (TPSA) is 39.2 Å². The summed E-state index contributed by atoms with van der Waals surface area (Å²) in [7, 11) is 0. The summed E-state index contributed by atoms with van der Waals surface area (Å²) in [5.74, 6) is 0.726. The van der Waals surface area contributed by atoms with E-state index in [9.17, 15) is 0 Å². The molecule has 0 aliphatic heterocycles. The zero-order valence-corrected chi connectivity index (χ0v) is 7.80. The average molecular weight is 191 g/mol. The van der Waals surface area contributed by atoms with Crippen LogP contribution in [0, 0.1) is 4.51 Å². The van der Waals surface area contributed by atoms with E-state index < -0.39 is 0 Å². The van der Waals surface area contributed by atoms with Gasteiger partial charge in [0.1, 0.15) is 11.3 Å². The van der Waals surface area contributed by atoms with Gasteiger partial charge in [-0.15, -0.1) is 0 Å². The zero-order chi connectivity index (χ0) is 9.26. The van der Waals surface area contributed by atoms with Crippen molar-refractivity contribution < 1.29 is 4.42 Å². The molecule has 0 fully saturated rings. The highest BCUT2D eigenvalue weighted by Gasteiger charge is 1.98. The van der Waals surface area contributed by atoms with Crippen molar-refractivity contribution in [2.75, 3.05) is 0 Å². The summed E-state index contributed by atoms with van der Waals surface area (Å²) in [4.78, 5) is 0. The smallest absolute Gasteiger partial charge is 0.135 e. The first-order chi connectivity index (χ1) is 6.31. The second-order valence-electron chi connectivity index (χ2n) is 2.78. The van der Waals surface area contributed by atoms with Crippen molar-refractivity contribution in [2.24, 2.45) is 5.73 Å². The van der Waals surface area contributed by atoms with Gasteiger partial charge in [-0.1, -0.05) is 24.4 Å². The van der Waals surface area contributed by atoms with Gasteiger partial charge in [0, 0.05) is 5.39 Å². The Morgan fingerprint density at radius 1 is 1.31 bits per heavy atom. The molecule has 0 saturated carbocycles. The van der Waals surface area contributed by atoms with Crippen LogP contribution in [0.5, 0.6) is 0 Å². The van der Waals surface area contributed by atoms with Crippen LogP contribution < -0.4 is 5.73 Å². The zero-order valence-electron chi connectivity index (χ0n) is 6.99. The number of benzene rings is 1. The van der Waals surface area contributed by atoms with Crippen LogP contribution in [0.4, 0.5) is 0 Å². The summed E-state index contributed by atoms with van der Waals surface area (Å²) in [6, 6.07) is 9.50. The van der Waals surface area contributed by atoms with Crippen LogP contribution in [0.15, 0.2) is 34.7 Å². The van der Waals surface area contributed by atoms with Gasteiger partial charge in [0.05, 0.1) is 11.1 Å². The lowest BCUT2D eigenvalue weighted by Gasteiger charge is -2.00. The van der Waals surface area contributed by atoms with Crippen LogP contribution in [-0.2, 0) is 6.54 Å². The van der Waals surface area contributed by atoms with Crippen molar-refractivity contribution in [3.8, 4) is 0 Å². The van der Waals surface area contributed by atoms with Crippen LogP contribution in [0.25, 0.3) is 11.0 Å². The van der Waals surface area contributed by atoms with Gasteiger partial charge in [-0.3, -0.25) is 0 Å². The molecule has 0 radical (unpaired) electrons. The maximum Gasteiger partial charge on any atom is 0.135 e. The fraction of sp³-hybridized carbons (Fsp3) is 0.100. The Kier molecular flexibility index (Phi) is 2.12. The van der Waals surface area contributed by atoms with Crippen LogP contribution in [0.2, 0.25) is 0 Å². The van der Waals surface area contributed by atoms with Crippen molar-refractivity contribution >= 4 is 23.2 Å². The Hall–Kier alpha value is -1.19. The fourth-order valence-electron chi connectivity index (χ4n) is 1.25. The summed E-state index contributed by atoms with van der Waals surface area (Å²) in [6.07, 6.45) is 0. The third kappa shape index (κ3) is 1.48. The minimum Gasteiger partial charge on any atom is -0.460 e. The Morgan fingerprint density at radius 3 is 2.85 bits per heavy atom. The molecule has 66 valence electrons. The molecule has 2 aromatic rings. The summed E-state index contributed by atoms with van der Waals surface area (Å²) < 4.78 is 6.29. The van der Waals surface area contributed by atoms with E-state index in [-0.39, 0.29) is 0 Å². The Balaban J connectivity index is 2.85. The largest absolute Gasteiger partial charge is 0.460 e. The van der Waals surface area contributed by atoms with Gasteiger partial charge in [-0.05, 0) is 18.2 Å². The van der Waals surface area contributed by atoms with E-state index in [1.54, 1.807) is 6.07 Å². The summed E-state index contributed by atoms with van der Waals surface area (Å²) in [5, 5.41) is 0.967. The molecule has 0 aliphatic carbocycles. The highest BCUT2D eigenvalue weighted by atomic mass is 32.1. The first-order valence-electron chi connectivity index (χ1n) is 4.03. The minimum absolute atomic E-state index is 0.383. The van der Waals surface area contributed by atoms with E-state index in [0.29, 0.717) is 6.54 Å². The first kappa shape index (κ1) is 8.41. The van der Waals surface area contributed by atoms with Crippen molar-refractivity contribution in [1.82, 2.24) is 0 Å². The maximum absolute atomic E-state index is 5.50. The lowest BCUT2D eigenvalue weighted by atomic mass is 10.2. The fourth-order valence-corrected chi connectivity index (χ4v) is 1.55. The minimum atomic E-state index is 0.383. The van der Waals surface area contributed by atoms with E-state index >= 15 is 0 Å². The number of hydrogen-bond acceptors (Lipinski definition) is 3. The molecule has 1 heterocycles. The van der Waals surface area contributed by atoms with Crippen molar-refractivity contribution in [3.05, 3.63) is 40.6 Å². The van der Waals surface area contributed by atoms with E-state index in [4.69, 9.17) is 22.4 Å². The standard InChI is InChI=1S/C10H9NOS/c11-6-7-5-10(13)8-3-1-2-4-9(8)12-7/h1-5H,6,11H2. The Morgan fingerprint density at radius 2 is 2.08 bits per heavy atom. The van der Waals surface area contributed by atoms with Gasteiger partial charge in [0.25, 0.3) is 0 Å².